The van der Waals surface area contributed by atoms with Crippen molar-refractivity contribution >= 4 is 17.6 Å². The van der Waals surface area contributed by atoms with Crippen LogP contribution in [0.1, 0.15) is 17.3 Å². The predicted molar refractivity (Wildman–Crippen MR) is 58.5 cm³/mol. The number of hydrogen-bond donors (Lipinski definition) is 3. The maximum Gasteiger partial charge on any atom is 0.339 e. The van der Waals surface area contributed by atoms with Gasteiger partial charge in [0.15, 0.2) is 0 Å². The number of carbonyl (C=O) groups excluding carboxylic acids is 1. The summed E-state index contributed by atoms with van der Waals surface area (Å²) in [4.78, 5) is 22.0. The van der Waals surface area contributed by atoms with Gasteiger partial charge >= 0.3 is 5.97 Å². The molecular weight excluding hydrogens is 210 g/mol. The molecule has 0 saturated heterocycles. The minimum absolute atomic E-state index is 0.264. The number of benzene rings is 1. The van der Waals surface area contributed by atoms with Crippen LogP contribution in [0.2, 0.25) is 0 Å². The van der Waals surface area contributed by atoms with Gasteiger partial charge in [0.05, 0.1) is 0 Å². The quantitative estimate of drug-likeness (QED) is 0.534. The van der Waals surface area contributed by atoms with Gasteiger partial charge in [0, 0.05) is 11.3 Å². The van der Waals surface area contributed by atoms with Crippen molar-refractivity contribution in [2.24, 2.45) is 0 Å². The first kappa shape index (κ1) is 11.8. The van der Waals surface area contributed by atoms with E-state index in [1.54, 1.807) is 0 Å². The van der Waals surface area contributed by atoms with Crippen molar-refractivity contribution in [2.45, 2.75) is 6.92 Å². The predicted octanol–water partition coefficient (Wildman–Crippen LogP) is 1.60. The Morgan fingerprint density at radius 2 is 2.00 bits per heavy atom. The molecule has 1 rings (SSSR count). The van der Waals surface area contributed by atoms with Gasteiger partial charge in [-0.1, -0.05) is 6.58 Å². The average Bonchev–Trinajstić information content (AvgIpc) is 2.20. The van der Waals surface area contributed by atoms with Gasteiger partial charge in [-0.05, 0) is 25.1 Å². The van der Waals surface area contributed by atoms with Gasteiger partial charge in [-0.2, -0.15) is 0 Å². The summed E-state index contributed by atoms with van der Waals surface area (Å²) in [6, 6.07) is 3.79. The molecule has 0 heterocycles. The Labute approximate surface area is 92.0 Å². The van der Waals surface area contributed by atoms with Crippen LogP contribution in [0.4, 0.5) is 5.69 Å². The maximum atomic E-state index is 11.3. The van der Waals surface area contributed by atoms with Crippen LogP contribution in [-0.4, -0.2) is 22.1 Å². The molecule has 0 bridgehead atoms. The van der Waals surface area contributed by atoms with E-state index < -0.39 is 11.9 Å². The lowest BCUT2D eigenvalue weighted by Gasteiger charge is -2.06. The number of phenols is 1. The highest BCUT2D eigenvalue weighted by Gasteiger charge is 2.11. The smallest absolute Gasteiger partial charge is 0.339 e. The lowest BCUT2D eigenvalue weighted by atomic mass is 10.1. The molecule has 0 atom stereocenters. The highest BCUT2D eigenvalue weighted by atomic mass is 16.4. The Morgan fingerprint density at radius 1 is 1.38 bits per heavy atom. The number of nitrogens with one attached hydrogen (secondary N) is 1. The van der Waals surface area contributed by atoms with Crippen LogP contribution in [0.15, 0.2) is 30.4 Å². The van der Waals surface area contributed by atoms with E-state index in [9.17, 15) is 14.7 Å². The second-order valence-electron chi connectivity index (χ2n) is 3.27. The number of amides is 1. The number of carbonyl (C=O) groups is 2. The summed E-state index contributed by atoms with van der Waals surface area (Å²) in [6.45, 7) is 4.98. The molecule has 0 radical (unpaired) electrons. The molecule has 0 aliphatic heterocycles. The van der Waals surface area contributed by atoms with E-state index in [4.69, 9.17) is 5.11 Å². The average molecular weight is 221 g/mol. The zero-order valence-corrected chi connectivity index (χ0v) is 8.65. The molecule has 84 valence electrons. The van der Waals surface area contributed by atoms with E-state index >= 15 is 0 Å². The fraction of sp³-hybridized carbons (Fsp3) is 0.0909. The third-order valence-corrected chi connectivity index (χ3v) is 1.87. The highest BCUT2D eigenvalue weighted by molar-refractivity contribution is 6.03. The fourth-order valence-electron chi connectivity index (χ4n) is 1.02. The number of aromatic carboxylic acids is 1. The lowest BCUT2D eigenvalue weighted by molar-refractivity contribution is -0.112. The lowest BCUT2D eigenvalue weighted by Crippen LogP contribution is -2.12. The Balaban J connectivity index is 3.00. The van der Waals surface area contributed by atoms with E-state index in [0.29, 0.717) is 11.3 Å². The molecule has 0 aliphatic carbocycles. The van der Waals surface area contributed by atoms with Crippen LogP contribution in [0.5, 0.6) is 5.75 Å². The van der Waals surface area contributed by atoms with Gasteiger partial charge in [0.1, 0.15) is 11.3 Å². The highest BCUT2D eigenvalue weighted by Crippen LogP contribution is 2.21. The van der Waals surface area contributed by atoms with Crippen LogP contribution < -0.4 is 5.32 Å². The molecule has 0 aliphatic rings. The summed E-state index contributed by atoms with van der Waals surface area (Å²) in [7, 11) is 0. The van der Waals surface area contributed by atoms with Crippen molar-refractivity contribution in [3.63, 3.8) is 0 Å². The molecule has 0 unspecified atom stereocenters. The van der Waals surface area contributed by atoms with Crippen LogP contribution in [0, 0.1) is 0 Å². The number of carboxylic acid groups (broad SMARTS) is 1. The normalized spacial score (nSPS) is 9.56. The summed E-state index contributed by atoms with van der Waals surface area (Å²) < 4.78 is 0. The van der Waals surface area contributed by atoms with Gasteiger partial charge in [0.25, 0.3) is 5.91 Å². The number of carboxylic acids is 1. The van der Waals surface area contributed by atoms with Crippen molar-refractivity contribution in [1.29, 1.82) is 0 Å². The van der Waals surface area contributed by atoms with Gasteiger partial charge < -0.3 is 15.5 Å². The molecule has 1 aromatic rings. The zero-order chi connectivity index (χ0) is 12.3. The zero-order valence-electron chi connectivity index (χ0n) is 8.65. The van der Waals surface area contributed by atoms with Crippen molar-refractivity contribution < 1.29 is 19.8 Å². The third-order valence-electron chi connectivity index (χ3n) is 1.87. The number of aromatic hydroxyl groups is 1. The summed E-state index contributed by atoms with van der Waals surface area (Å²) in [5, 5.41) is 20.4. The molecule has 0 fully saturated rings. The second kappa shape index (κ2) is 4.48. The summed E-state index contributed by atoms with van der Waals surface area (Å²) >= 11 is 0. The van der Waals surface area contributed by atoms with Crippen LogP contribution in [-0.2, 0) is 4.79 Å². The van der Waals surface area contributed by atoms with Crippen LogP contribution >= 0.6 is 0 Å². The first-order valence-corrected chi connectivity index (χ1v) is 4.45. The first-order chi connectivity index (χ1) is 7.41. The largest absolute Gasteiger partial charge is 0.507 e. The Morgan fingerprint density at radius 3 is 2.50 bits per heavy atom. The summed E-state index contributed by atoms with van der Waals surface area (Å²) in [6.07, 6.45) is 0. The Kier molecular flexibility index (Phi) is 3.30. The molecule has 1 aromatic carbocycles. The number of rotatable bonds is 3. The van der Waals surface area contributed by atoms with Crippen molar-refractivity contribution in [3.8, 4) is 5.75 Å². The van der Waals surface area contributed by atoms with E-state index in [0.717, 1.165) is 0 Å². The third kappa shape index (κ3) is 2.60. The molecule has 5 heteroatoms. The minimum Gasteiger partial charge on any atom is -0.507 e. The molecule has 0 saturated carbocycles. The van der Waals surface area contributed by atoms with Crippen molar-refractivity contribution in [2.75, 3.05) is 5.32 Å². The minimum atomic E-state index is -1.26. The van der Waals surface area contributed by atoms with E-state index in [1.807, 2.05) is 0 Å². The summed E-state index contributed by atoms with van der Waals surface area (Å²) in [5.41, 5.74) is 0.340. The molecule has 0 spiro atoms. The molecule has 3 N–H and O–H groups in total. The molecule has 5 nitrogen and oxygen atoms in total. The molecule has 0 aromatic heterocycles. The van der Waals surface area contributed by atoms with Crippen LogP contribution in [0.3, 0.4) is 0 Å². The second-order valence-corrected chi connectivity index (χ2v) is 3.27. The van der Waals surface area contributed by atoms with Gasteiger partial charge in [0.2, 0.25) is 0 Å². The fourth-order valence-corrected chi connectivity index (χ4v) is 1.02. The monoisotopic (exact) mass is 221 g/mol. The van der Waals surface area contributed by atoms with Crippen LogP contribution in [0.25, 0.3) is 0 Å². The number of hydrogen-bond acceptors (Lipinski definition) is 3. The van der Waals surface area contributed by atoms with E-state index in [-0.39, 0.29) is 11.3 Å². The van der Waals surface area contributed by atoms with Gasteiger partial charge in [-0.15, -0.1) is 0 Å². The maximum absolute atomic E-state index is 11.3. The van der Waals surface area contributed by atoms with E-state index in [2.05, 4.69) is 11.9 Å². The SMILES string of the molecule is C=C(C)C(=O)Nc1ccc(O)c(C(=O)O)c1. The first-order valence-electron chi connectivity index (χ1n) is 4.45. The Hall–Kier alpha value is -2.30. The standard InChI is InChI=1S/C11H11NO4/c1-6(2)10(14)12-7-3-4-9(13)8(5-7)11(15)16/h3-5,13H,1H2,2H3,(H,12,14)(H,15,16). The summed E-state index contributed by atoms with van der Waals surface area (Å²) in [5.74, 6) is -2.01. The molecular formula is C11H11NO4. The number of anilines is 1. The Bertz CT molecular complexity index is 465. The van der Waals surface area contributed by atoms with Gasteiger partial charge in [-0.3, -0.25) is 4.79 Å². The topological polar surface area (TPSA) is 86.6 Å². The van der Waals surface area contributed by atoms with Crippen molar-refractivity contribution in [1.82, 2.24) is 0 Å². The van der Waals surface area contributed by atoms with E-state index in [1.165, 1.54) is 25.1 Å². The van der Waals surface area contributed by atoms with Crippen molar-refractivity contribution in [3.05, 3.63) is 35.9 Å². The molecule has 1 amide bonds. The molecule has 16 heavy (non-hydrogen) atoms. The van der Waals surface area contributed by atoms with Gasteiger partial charge in [-0.25, -0.2) is 4.79 Å².